The summed E-state index contributed by atoms with van der Waals surface area (Å²) in [7, 11) is -5.55. The summed E-state index contributed by atoms with van der Waals surface area (Å²) in [6, 6.07) is 0.989. The van der Waals surface area contributed by atoms with Crippen LogP contribution in [0.4, 0.5) is 0 Å². The van der Waals surface area contributed by atoms with Crippen molar-refractivity contribution in [3.05, 3.63) is 38.0 Å². The van der Waals surface area contributed by atoms with Crippen molar-refractivity contribution in [1.29, 1.82) is 0 Å². The van der Waals surface area contributed by atoms with Crippen LogP contribution in [0.3, 0.4) is 0 Å². The van der Waals surface area contributed by atoms with Crippen molar-refractivity contribution in [2.75, 3.05) is 52.9 Å². The van der Waals surface area contributed by atoms with Gasteiger partial charge in [-0.3, -0.25) is 0 Å². The van der Waals surface area contributed by atoms with Crippen LogP contribution < -0.4 is 0 Å². The Labute approximate surface area is 213 Å². The smallest absolute Gasteiger partial charge is 0.314 e. The van der Waals surface area contributed by atoms with Gasteiger partial charge in [0.05, 0.1) is 51.7 Å². The summed E-state index contributed by atoms with van der Waals surface area (Å²) >= 11 is 0. The van der Waals surface area contributed by atoms with Crippen LogP contribution in [0.2, 0.25) is 51.9 Å². The van der Waals surface area contributed by atoms with Crippen LogP contribution in [0.1, 0.15) is 12.8 Å². The van der Waals surface area contributed by atoms with E-state index in [9.17, 15) is 0 Å². The minimum atomic E-state index is -2.20. The molecule has 0 aliphatic carbocycles. The van der Waals surface area contributed by atoms with Crippen LogP contribution in [-0.4, -0.2) is 78.1 Å². The zero-order valence-electron chi connectivity index (χ0n) is 23.1. The molecule has 0 aliphatic heterocycles. The first-order chi connectivity index (χ1) is 15.8. The quantitative estimate of drug-likeness (QED) is 0.0893. The van der Waals surface area contributed by atoms with Gasteiger partial charge in [0.15, 0.2) is 16.6 Å². The van der Waals surface area contributed by atoms with Gasteiger partial charge in [-0.05, 0) is 64.7 Å². The molecule has 0 aromatic carbocycles. The highest BCUT2D eigenvalue weighted by Crippen LogP contribution is 2.26. The molecule has 0 saturated heterocycles. The highest BCUT2D eigenvalue weighted by atomic mass is 28.5. The van der Waals surface area contributed by atoms with Gasteiger partial charge in [-0.1, -0.05) is 18.2 Å². The Morgan fingerprint density at radius 2 is 0.971 bits per heavy atom. The Morgan fingerprint density at radius 1 is 0.588 bits per heavy atom. The molecule has 0 aromatic heterocycles. The average Bonchev–Trinajstić information content (AvgIpc) is 2.68. The molecule has 0 aliphatic rings. The summed E-state index contributed by atoms with van der Waals surface area (Å²) in [4.78, 5) is 0. The third-order valence-corrected chi connectivity index (χ3v) is 14.2. The lowest BCUT2D eigenvalue weighted by Gasteiger charge is -2.38. The Hall–Kier alpha value is -0.369. The van der Waals surface area contributed by atoms with Crippen molar-refractivity contribution in [2.45, 2.75) is 64.7 Å². The lowest BCUT2D eigenvalue weighted by atomic mass is 9.92. The van der Waals surface area contributed by atoms with E-state index in [-0.39, 0.29) is 0 Å². The summed E-state index contributed by atoms with van der Waals surface area (Å²) in [5, 5.41) is 0. The van der Waals surface area contributed by atoms with Gasteiger partial charge in [-0.25, -0.2) is 0 Å². The van der Waals surface area contributed by atoms with Gasteiger partial charge in [-0.2, -0.15) is 0 Å². The molecule has 200 valence electrons. The molecule has 0 saturated carbocycles. The molecule has 34 heavy (non-hydrogen) atoms. The second-order valence-corrected chi connectivity index (χ2v) is 23.8. The Morgan fingerprint density at radius 3 is 1.32 bits per heavy atom. The first kappa shape index (κ1) is 33.6. The topological polar surface area (TPSA) is 55.4 Å². The minimum absolute atomic E-state index is 0.403. The molecule has 0 spiro atoms. The third-order valence-electron chi connectivity index (χ3n) is 4.55. The van der Waals surface area contributed by atoms with Gasteiger partial charge >= 0.3 is 8.56 Å². The van der Waals surface area contributed by atoms with Crippen molar-refractivity contribution >= 4 is 25.2 Å². The van der Waals surface area contributed by atoms with Gasteiger partial charge in [0.25, 0.3) is 0 Å². The molecule has 0 fully saturated rings. The molecule has 0 rings (SSSR count). The molecule has 0 N–H and O–H groups in total. The second-order valence-electron chi connectivity index (χ2n) is 11.0. The van der Waals surface area contributed by atoms with E-state index in [1.54, 1.807) is 18.2 Å². The van der Waals surface area contributed by atoms with E-state index < -0.39 is 30.6 Å². The SMILES string of the molecule is C=CCOCC(COCC=C)(COCC=C)COCCCC[Si](C)(O[Si](C)(C)C)O[Si](C)(C)C. The highest BCUT2D eigenvalue weighted by Gasteiger charge is 2.39. The largest absolute Gasteiger partial charge is 0.437 e. The van der Waals surface area contributed by atoms with Crippen molar-refractivity contribution < 1.29 is 27.2 Å². The third kappa shape index (κ3) is 18.0. The molecule has 0 radical (unpaired) electrons. The fourth-order valence-corrected chi connectivity index (χ4v) is 16.3. The molecular weight excluding hydrogens is 481 g/mol. The van der Waals surface area contributed by atoms with Gasteiger partial charge in [0, 0.05) is 6.61 Å². The van der Waals surface area contributed by atoms with E-state index in [4.69, 9.17) is 27.2 Å². The van der Waals surface area contributed by atoms with Gasteiger partial charge < -0.3 is 27.2 Å². The number of ether oxygens (including phenoxy) is 4. The van der Waals surface area contributed by atoms with E-state index in [0.717, 1.165) is 18.9 Å². The summed E-state index contributed by atoms with van der Waals surface area (Å²) in [6.07, 6.45) is 7.21. The molecule has 0 atom stereocenters. The van der Waals surface area contributed by atoms with Crippen LogP contribution in [-0.2, 0) is 27.2 Å². The van der Waals surface area contributed by atoms with Crippen molar-refractivity contribution in [1.82, 2.24) is 0 Å². The Bertz CT molecular complexity index is 520. The summed E-state index contributed by atoms with van der Waals surface area (Å²) in [5.41, 5.74) is -0.403. The lowest BCUT2D eigenvalue weighted by molar-refractivity contribution is -0.0977. The number of hydrogen-bond donors (Lipinski definition) is 0. The van der Waals surface area contributed by atoms with Crippen LogP contribution in [0.25, 0.3) is 0 Å². The maximum atomic E-state index is 6.60. The number of unbranched alkanes of at least 4 members (excludes halogenated alkanes) is 1. The average molecular weight is 533 g/mol. The molecule has 0 unspecified atom stereocenters. The van der Waals surface area contributed by atoms with Gasteiger partial charge in [0.2, 0.25) is 0 Å². The van der Waals surface area contributed by atoms with Crippen LogP contribution in [0.15, 0.2) is 38.0 Å². The normalized spacial score (nSPS) is 13.1. The monoisotopic (exact) mass is 532 g/mol. The predicted octanol–water partition coefficient (Wildman–Crippen LogP) is 6.15. The highest BCUT2D eigenvalue weighted by molar-refractivity contribution is 6.87. The van der Waals surface area contributed by atoms with Crippen molar-refractivity contribution in [3.63, 3.8) is 0 Å². The fourth-order valence-electron chi connectivity index (χ4n) is 3.68. The van der Waals surface area contributed by atoms with Crippen molar-refractivity contribution in [3.8, 4) is 0 Å². The van der Waals surface area contributed by atoms with E-state index in [2.05, 4.69) is 65.6 Å². The molecule has 0 bridgehead atoms. The minimum Gasteiger partial charge on any atom is -0.437 e. The molecule has 6 nitrogen and oxygen atoms in total. The maximum absolute atomic E-state index is 6.60. The van der Waals surface area contributed by atoms with Crippen LogP contribution in [0.5, 0.6) is 0 Å². The fraction of sp³-hybridized carbons (Fsp3) is 0.760. The van der Waals surface area contributed by atoms with Crippen LogP contribution >= 0.6 is 0 Å². The second kappa shape index (κ2) is 17.1. The first-order valence-electron chi connectivity index (χ1n) is 12.3. The van der Waals surface area contributed by atoms with Gasteiger partial charge in [0.1, 0.15) is 0 Å². The zero-order valence-corrected chi connectivity index (χ0v) is 26.1. The zero-order chi connectivity index (χ0) is 26.1. The molecule has 0 aromatic rings. The summed E-state index contributed by atoms with van der Waals surface area (Å²) < 4.78 is 36.7. The summed E-state index contributed by atoms with van der Waals surface area (Å²) in [5.74, 6) is 0. The van der Waals surface area contributed by atoms with E-state index in [1.807, 2.05) is 0 Å². The molecular formula is C25H52O6Si3. The lowest BCUT2D eigenvalue weighted by Crippen LogP contribution is -2.52. The van der Waals surface area contributed by atoms with Crippen LogP contribution in [0, 0.1) is 5.41 Å². The number of rotatable bonds is 23. The predicted molar refractivity (Wildman–Crippen MR) is 151 cm³/mol. The van der Waals surface area contributed by atoms with Crippen molar-refractivity contribution in [2.24, 2.45) is 5.41 Å². The summed E-state index contributed by atoms with van der Waals surface area (Å²) in [6.45, 7) is 30.9. The molecule has 0 heterocycles. The molecule has 0 amide bonds. The van der Waals surface area contributed by atoms with E-state index in [0.29, 0.717) is 52.9 Å². The maximum Gasteiger partial charge on any atom is 0.314 e. The van der Waals surface area contributed by atoms with E-state index in [1.165, 1.54) is 0 Å². The molecule has 9 heteroatoms. The first-order valence-corrected chi connectivity index (χ1v) is 21.7. The Kier molecular flexibility index (Phi) is 17.0. The van der Waals surface area contributed by atoms with Gasteiger partial charge in [-0.15, -0.1) is 19.7 Å². The van der Waals surface area contributed by atoms with E-state index >= 15 is 0 Å². The Balaban J connectivity index is 4.91. The number of hydrogen-bond acceptors (Lipinski definition) is 6. The standard InChI is InChI=1S/C25H52O6Si3/c1-11-16-26-21-25(22-27-17-12-2,23-28-18-13-3)24-29-19-14-15-20-34(10,30-32(4,5)6)31-33(7,8)9/h11-13H,1-3,14-24H2,4-10H3.